The first kappa shape index (κ1) is 18.8. The maximum absolute atomic E-state index is 12.2. The van der Waals surface area contributed by atoms with Crippen LogP contribution in [0.25, 0.3) is 6.08 Å². The number of amides is 1. The number of nitrogens with one attached hydrogen (secondary N) is 1. The lowest BCUT2D eigenvalue weighted by Crippen LogP contribution is -2.29. The molecule has 6 nitrogen and oxygen atoms in total. The summed E-state index contributed by atoms with van der Waals surface area (Å²) in [6.45, 7) is 0.0205. The third-order valence-electron chi connectivity index (χ3n) is 3.91. The topological polar surface area (TPSA) is 73.9 Å². The van der Waals surface area contributed by atoms with E-state index in [0.717, 1.165) is 5.56 Å². The Labute approximate surface area is 161 Å². The molecule has 2 aromatic carbocycles. The molecule has 140 valence electrons. The van der Waals surface area contributed by atoms with E-state index in [-0.39, 0.29) is 13.2 Å². The zero-order valence-electron chi connectivity index (χ0n) is 14.7. The molecule has 1 heterocycles. The Bertz CT molecular complexity index is 894. The summed E-state index contributed by atoms with van der Waals surface area (Å²) in [5.74, 6) is 0.355. The molecule has 2 aromatic rings. The normalized spacial score (nSPS) is 12.3. The summed E-state index contributed by atoms with van der Waals surface area (Å²) in [6, 6.07) is 12.5. The summed E-state index contributed by atoms with van der Waals surface area (Å²) in [7, 11) is 1.58. The molecule has 0 radical (unpaired) electrons. The predicted molar refractivity (Wildman–Crippen MR) is 101 cm³/mol. The van der Waals surface area contributed by atoms with Gasteiger partial charge in [-0.3, -0.25) is 4.79 Å². The Morgan fingerprint density at radius 1 is 1.22 bits per heavy atom. The van der Waals surface area contributed by atoms with Gasteiger partial charge in [0, 0.05) is 17.1 Å². The molecule has 0 bridgehead atoms. The maximum atomic E-state index is 12.2. The van der Waals surface area contributed by atoms with Crippen LogP contribution in [0, 0.1) is 0 Å². The molecule has 1 aliphatic heterocycles. The average Bonchev–Trinajstić information content (AvgIpc) is 2.70. The second-order valence-electron chi connectivity index (χ2n) is 5.84. The van der Waals surface area contributed by atoms with Crippen molar-refractivity contribution in [2.75, 3.05) is 20.3 Å². The lowest BCUT2D eigenvalue weighted by molar-refractivity contribution is -0.145. The minimum Gasteiger partial charge on any atom is -0.497 e. The van der Waals surface area contributed by atoms with Crippen LogP contribution in [0.1, 0.15) is 11.1 Å². The summed E-state index contributed by atoms with van der Waals surface area (Å²) in [5, 5.41) is 3.23. The van der Waals surface area contributed by atoms with E-state index < -0.39 is 11.9 Å². The molecule has 0 aliphatic carbocycles. The maximum Gasteiger partial charge on any atom is 0.338 e. The van der Waals surface area contributed by atoms with Gasteiger partial charge in [0.1, 0.15) is 18.1 Å². The van der Waals surface area contributed by atoms with E-state index in [0.29, 0.717) is 34.2 Å². The van der Waals surface area contributed by atoms with Crippen molar-refractivity contribution in [2.45, 2.75) is 6.54 Å². The van der Waals surface area contributed by atoms with E-state index in [1.54, 1.807) is 31.4 Å². The molecule has 0 saturated heterocycles. The fraction of sp³-hybridized carbons (Fsp3) is 0.200. The second-order valence-corrected chi connectivity index (χ2v) is 6.28. The van der Waals surface area contributed by atoms with Gasteiger partial charge in [0.15, 0.2) is 6.61 Å². The van der Waals surface area contributed by atoms with Gasteiger partial charge in [-0.1, -0.05) is 23.7 Å². The Balaban J connectivity index is 1.51. The van der Waals surface area contributed by atoms with Gasteiger partial charge in [0.05, 0.1) is 12.7 Å². The highest BCUT2D eigenvalue weighted by Crippen LogP contribution is 2.29. The van der Waals surface area contributed by atoms with Crippen LogP contribution in [0.5, 0.6) is 11.5 Å². The van der Waals surface area contributed by atoms with E-state index in [2.05, 4.69) is 5.32 Å². The predicted octanol–water partition coefficient (Wildman–Crippen LogP) is 2.98. The molecular weight excluding hydrogens is 370 g/mol. The van der Waals surface area contributed by atoms with E-state index in [9.17, 15) is 9.59 Å². The number of fused-ring (bicyclic) bond motifs is 1. The first-order valence-corrected chi connectivity index (χ1v) is 8.62. The van der Waals surface area contributed by atoms with Crippen LogP contribution in [-0.2, 0) is 20.9 Å². The van der Waals surface area contributed by atoms with Crippen molar-refractivity contribution in [3.8, 4) is 11.5 Å². The van der Waals surface area contributed by atoms with E-state index in [1.807, 2.05) is 24.3 Å². The number of benzene rings is 2. The van der Waals surface area contributed by atoms with Crippen LogP contribution in [0.3, 0.4) is 0 Å². The lowest BCUT2D eigenvalue weighted by atomic mass is 10.1. The molecule has 1 aliphatic rings. The number of halogens is 1. The lowest BCUT2D eigenvalue weighted by Gasteiger charge is -2.17. The van der Waals surface area contributed by atoms with Crippen molar-refractivity contribution < 1.29 is 23.8 Å². The summed E-state index contributed by atoms with van der Waals surface area (Å²) in [4.78, 5) is 24.1. The molecular formula is C20H18ClNO5. The van der Waals surface area contributed by atoms with Gasteiger partial charge in [-0.05, 0) is 42.0 Å². The highest BCUT2D eigenvalue weighted by atomic mass is 35.5. The van der Waals surface area contributed by atoms with E-state index in [1.165, 1.54) is 0 Å². The molecule has 1 amide bonds. The standard InChI is InChI=1S/C20H18ClNO5/c1-25-17-4-2-3-13(7-17)10-22-19(23)12-27-20(24)15-8-14-9-16(21)5-6-18(14)26-11-15/h2-9H,10-12H2,1H3,(H,22,23). The number of rotatable bonds is 6. The van der Waals surface area contributed by atoms with Crippen LogP contribution >= 0.6 is 11.6 Å². The van der Waals surface area contributed by atoms with Crippen molar-refractivity contribution in [1.82, 2.24) is 5.32 Å². The van der Waals surface area contributed by atoms with Crippen molar-refractivity contribution in [2.24, 2.45) is 0 Å². The van der Waals surface area contributed by atoms with E-state index in [4.69, 9.17) is 25.8 Å². The highest BCUT2D eigenvalue weighted by Gasteiger charge is 2.19. The van der Waals surface area contributed by atoms with Crippen LogP contribution in [-0.4, -0.2) is 32.2 Å². The van der Waals surface area contributed by atoms with Crippen LogP contribution in [0.15, 0.2) is 48.0 Å². The number of esters is 1. The number of methoxy groups -OCH3 is 1. The number of carbonyl (C=O) groups excluding carboxylic acids is 2. The Kier molecular flexibility index (Phi) is 5.98. The molecule has 7 heteroatoms. The third-order valence-corrected chi connectivity index (χ3v) is 4.14. The minimum atomic E-state index is -0.600. The van der Waals surface area contributed by atoms with Gasteiger partial charge in [-0.2, -0.15) is 0 Å². The first-order chi connectivity index (χ1) is 13.0. The second kappa shape index (κ2) is 8.60. The quantitative estimate of drug-likeness (QED) is 0.771. The van der Waals surface area contributed by atoms with Crippen molar-refractivity contribution in [1.29, 1.82) is 0 Å². The monoisotopic (exact) mass is 387 g/mol. The molecule has 3 rings (SSSR count). The van der Waals surface area contributed by atoms with Gasteiger partial charge in [0.2, 0.25) is 0 Å². The Morgan fingerprint density at radius 2 is 2.07 bits per heavy atom. The SMILES string of the molecule is COc1cccc(CNC(=O)COC(=O)C2=Cc3cc(Cl)ccc3OC2)c1. The van der Waals surface area contributed by atoms with Gasteiger partial charge in [0.25, 0.3) is 5.91 Å². The Morgan fingerprint density at radius 3 is 2.89 bits per heavy atom. The van der Waals surface area contributed by atoms with Crippen LogP contribution in [0.2, 0.25) is 5.02 Å². The molecule has 0 unspecified atom stereocenters. The van der Waals surface area contributed by atoms with Crippen molar-refractivity contribution in [3.05, 3.63) is 64.2 Å². The van der Waals surface area contributed by atoms with E-state index >= 15 is 0 Å². The van der Waals surface area contributed by atoms with Gasteiger partial charge >= 0.3 is 5.97 Å². The van der Waals surface area contributed by atoms with Crippen molar-refractivity contribution >= 4 is 29.6 Å². The summed E-state index contributed by atoms with van der Waals surface area (Å²) >= 11 is 5.95. The molecule has 1 N–H and O–H groups in total. The summed E-state index contributed by atoms with van der Waals surface area (Å²) in [6.07, 6.45) is 1.65. The molecule has 0 spiro atoms. The average molecular weight is 388 g/mol. The van der Waals surface area contributed by atoms with Crippen LogP contribution < -0.4 is 14.8 Å². The van der Waals surface area contributed by atoms with Gasteiger partial charge in [-0.15, -0.1) is 0 Å². The zero-order chi connectivity index (χ0) is 19.2. The highest BCUT2D eigenvalue weighted by molar-refractivity contribution is 6.30. The van der Waals surface area contributed by atoms with Crippen LogP contribution in [0.4, 0.5) is 0 Å². The number of hydrogen-bond acceptors (Lipinski definition) is 5. The largest absolute Gasteiger partial charge is 0.497 e. The van der Waals surface area contributed by atoms with Gasteiger partial charge in [-0.25, -0.2) is 4.79 Å². The number of hydrogen-bond donors (Lipinski definition) is 1. The first-order valence-electron chi connectivity index (χ1n) is 8.25. The smallest absolute Gasteiger partial charge is 0.338 e. The molecule has 0 aromatic heterocycles. The molecule has 0 saturated carbocycles. The fourth-order valence-corrected chi connectivity index (χ4v) is 2.70. The Hall–Kier alpha value is -2.99. The van der Waals surface area contributed by atoms with Gasteiger partial charge < -0.3 is 19.5 Å². The molecule has 0 fully saturated rings. The van der Waals surface area contributed by atoms with Crippen molar-refractivity contribution in [3.63, 3.8) is 0 Å². The number of ether oxygens (including phenoxy) is 3. The minimum absolute atomic E-state index is 0.0822. The third kappa shape index (κ3) is 5.01. The zero-order valence-corrected chi connectivity index (χ0v) is 15.4. The number of carbonyl (C=O) groups is 2. The summed E-state index contributed by atoms with van der Waals surface area (Å²) in [5.41, 5.74) is 1.90. The summed E-state index contributed by atoms with van der Waals surface area (Å²) < 4.78 is 15.7. The fourth-order valence-electron chi connectivity index (χ4n) is 2.52. The molecule has 27 heavy (non-hydrogen) atoms. The molecule has 0 atom stereocenters.